The van der Waals surface area contributed by atoms with Crippen LogP contribution in [0.15, 0.2) is 16.9 Å². The summed E-state index contributed by atoms with van der Waals surface area (Å²) < 4.78 is 6.71. The lowest BCUT2D eigenvalue weighted by Gasteiger charge is -2.33. The number of nitrogens with zero attached hydrogens (tertiary/aromatic N) is 3. The van der Waals surface area contributed by atoms with E-state index in [9.17, 15) is 9.59 Å². The number of aromatic nitrogens is 3. The Kier molecular flexibility index (Phi) is 4.87. The number of esters is 1. The first-order valence-electron chi connectivity index (χ1n) is 9.36. The average molecular weight is 418 g/mol. The van der Waals surface area contributed by atoms with Gasteiger partial charge in [-0.1, -0.05) is 32.1 Å². The molecule has 0 aromatic carbocycles. The van der Waals surface area contributed by atoms with Crippen molar-refractivity contribution in [2.45, 2.75) is 53.6 Å². The fourth-order valence-corrected chi connectivity index (χ4v) is 5.54. The normalized spacial score (nSPS) is 16.9. The SMILES string of the molecule is Cc1cc(=O)n2nc(COC(=O)c3cc4c(s3)CC[C@@H](C(C)(C)C)C4)sc2n1. The van der Waals surface area contributed by atoms with Crippen LogP contribution in [0.3, 0.4) is 0 Å². The summed E-state index contributed by atoms with van der Waals surface area (Å²) in [5.74, 6) is 0.304. The third-order valence-electron chi connectivity index (χ3n) is 5.25. The molecule has 6 nitrogen and oxygen atoms in total. The molecule has 0 bridgehead atoms. The van der Waals surface area contributed by atoms with E-state index in [-0.39, 0.29) is 23.6 Å². The van der Waals surface area contributed by atoms with Crippen molar-refractivity contribution in [2.24, 2.45) is 11.3 Å². The molecule has 0 unspecified atom stereocenters. The lowest BCUT2D eigenvalue weighted by atomic mass is 9.72. The zero-order valence-corrected chi connectivity index (χ0v) is 18.1. The van der Waals surface area contributed by atoms with Crippen LogP contribution in [0.4, 0.5) is 0 Å². The van der Waals surface area contributed by atoms with E-state index >= 15 is 0 Å². The first-order valence-corrected chi connectivity index (χ1v) is 11.0. The standard InChI is InChI=1S/C20H23N3O3S2/c1-11-7-17(24)23-19(21-11)28-16(22-23)10-26-18(25)15-9-12-8-13(20(2,3)4)5-6-14(12)27-15/h7,9,13H,5-6,8,10H2,1-4H3/t13-/m1/s1. The predicted molar refractivity (Wildman–Crippen MR) is 110 cm³/mol. The molecule has 0 saturated heterocycles. The van der Waals surface area contributed by atoms with Gasteiger partial charge in [-0.3, -0.25) is 4.79 Å². The number of carbonyl (C=O) groups is 1. The van der Waals surface area contributed by atoms with E-state index in [1.807, 2.05) is 6.07 Å². The second-order valence-electron chi connectivity index (χ2n) is 8.37. The molecule has 3 heterocycles. The molecule has 8 heteroatoms. The number of carbonyl (C=O) groups excluding carboxylic acids is 1. The predicted octanol–water partition coefficient (Wildman–Crippen LogP) is 4.03. The molecule has 0 aliphatic heterocycles. The number of hydrogen-bond acceptors (Lipinski definition) is 7. The minimum absolute atomic E-state index is 0.0402. The van der Waals surface area contributed by atoms with Gasteiger partial charge in [0.1, 0.15) is 11.5 Å². The number of thiophene rings is 1. The van der Waals surface area contributed by atoms with Crippen LogP contribution in [0.1, 0.15) is 58.0 Å². The monoisotopic (exact) mass is 417 g/mol. The summed E-state index contributed by atoms with van der Waals surface area (Å²) in [6.07, 6.45) is 3.22. The summed E-state index contributed by atoms with van der Waals surface area (Å²) in [5.41, 5.74) is 1.98. The molecule has 1 atom stereocenters. The first kappa shape index (κ1) is 19.3. The number of hydrogen-bond donors (Lipinski definition) is 0. The van der Waals surface area contributed by atoms with Crippen molar-refractivity contribution in [3.05, 3.63) is 48.5 Å². The first-order chi connectivity index (χ1) is 13.2. The quantitative estimate of drug-likeness (QED) is 0.602. The van der Waals surface area contributed by atoms with Gasteiger partial charge < -0.3 is 4.74 Å². The highest BCUT2D eigenvalue weighted by Gasteiger charge is 2.30. The van der Waals surface area contributed by atoms with Crippen LogP contribution in [0.25, 0.3) is 4.96 Å². The van der Waals surface area contributed by atoms with E-state index in [0.717, 1.165) is 12.8 Å². The summed E-state index contributed by atoms with van der Waals surface area (Å²) >= 11 is 2.80. The highest BCUT2D eigenvalue weighted by Crippen LogP contribution is 2.40. The van der Waals surface area contributed by atoms with Crippen LogP contribution in [-0.4, -0.2) is 20.6 Å². The second-order valence-corrected chi connectivity index (χ2v) is 10.5. The molecule has 3 aromatic heterocycles. The van der Waals surface area contributed by atoms with Gasteiger partial charge in [-0.15, -0.1) is 11.3 Å². The van der Waals surface area contributed by atoms with Crippen molar-refractivity contribution in [2.75, 3.05) is 0 Å². The molecule has 28 heavy (non-hydrogen) atoms. The molecule has 0 N–H and O–H groups in total. The Hall–Kier alpha value is -2.06. The third kappa shape index (κ3) is 3.75. The number of fused-ring (bicyclic) bond motifs is 2. The molecule has 3 aromatic rings. The Morgan fingerprint density at radius 3 is 2.86 bits per heavy atom. The summed E-state index contributed by atoms with van der Waals surface area (Å²) in [5, 5.41) is 4.76. The van der Waals surface area contributed by atoms with E-state index in [2.05, 4.69) is 30.9 Å². The van der Waals surface area contributed by atoms with Crippen molar-refractivity contribution >= 4 is 33.6 Å². The Morgan fingerprint density at radius 2 is 2.11 bits per heavy atom. The minimum Gasteiger partial charge on any atom is -0.454 e. The topological polar surface area (TPSA) is 73.6 Å². The van der Waals surface area contributed by atoms with Crippen LogP contribution < -0.4 is 5.56 Å². The largest absolute Gasteiger partial charge is 0.454 e. The zero-order valence-electron chi connectivity index (χ0n) is 16.4. The van der Waals surface area contributed by atoms with E-state index in [0.29, 0.717) is 26.5 Å². The molecule has 148 valence electrons. The summed E-state index contributed by atoms with van der Waals surface area (Å²) in [7, 11) is 0. The fourth-order valence-electron chi connectivity index (χ4n) is 3.58. The lowest BCUT2D eigenvalue weighted by Crippen LogP contribution is -2.26. The van der Waals surface area contributed by atoms with Crippen LogP contribution in [-0.2, 0) is 24.2 Å². The summed E-state index contributed by atoms with van der Waals surface area (Å²) in [6, 6.07) is 3.43. The lowest BCUT2D eigenvalue weighted by molar-refractivity contribution is 0.0477. The number of aryl methyl sites for hydroxylation is 2. The second kappa shape index (κ2) is 7.08. The van der Waals surface area contributed by atoms with E-state index in [1.165, 1.54) is 38.8 Å². The van der Waals surface area contributed by atoms with Gasteiger partial charge in [-0.2, -0.15) is 9.61 Å². The van der Waals surface area contributed by atoms with Gasteiger partial charge in [-0.05, 0) is 49.1 Å². The molecule has 1 aliphatic carbocycles. The molecular weight excluding hydrogens is 394 g/mol. The third-order valence-corrected chi connectivity index (χ3v) is 7.35. The van der Waals surface area contributed by atoms with Gasteiger partial charge in [0, 0.05) is 16.6 Å². The Balaban J connectivity index is 1.46. The Labute approximate surface area is 171 Å². The van der Waals surface area contributed by atoms with Crippen molar-refractivity contribution in [3.8, 4) is 0 Å². The highest BCUT2D eigenvalue weighted by molar-refractivity contribution is 7.16. The smallest absolute Gasteiger partial charge is 0.348 e. The molecule has 0 fully saturated rings. The molecule has 0 spiro atoms. The summed E-state index contributed by atoms with van der Waals surface area (Å²) in [6.45, 7) is 8.65. The minimum atomic E-state index is -0.331. The van der Waals surface area contributed by atoms with Crippen molar-refractivity contribution in [3.63, 3.8) is 0 Å². The Morgan fingerprint density at radius 1 is 1.32 bits per heavy atom. The van der Waals surface area contributed by atoms with Gasteiger partial charge in [-0.25, -0.2) is 9.78 Å². The molecule has 0 amide bonds. The molecule has 4 rings (SSSR count). The van der Waals surface area contributed by atoms with E-state index < -0.39 is 0 Å². The van der Waals surface area contributed by atoms with Crippen LogP contribution in [0, 0.1) is 18.3 Å². The molecule has 1 aliphatic rings. The maximum absolute atomic E-state index is 12.5. The number of ether oxygens (including phenoxy) is 1. The van der Waals surface area contributed by atoms with Gasteiger partial charge in [0.15, 0.2) is 5.01 Å². The van der Waals surface area contributed by atoms with Gasteiger partial charge in [0.05, 0.1) is 0 Å². The van der Waals surface area contributed by atoms with Gasteiger partial charge in [0.2, 0.25) is 4.96 Å². The molecular formula is C20H23N3O3S2. The van der Waals surface area contributed by atoms with Crippen molar-refractivity contribution in [1.29, 1.82) is 0 Å². The van der Waals surface area contributed by atoms with E-state index in [1.54, 1.807) is 18.3 Å². The van der Waals surface area contributed by atoms with E-state index in [4.69, 9.17) is 4.74 Å². The van der Waals surface area contributed by atoms with Crippen molar-refractivity contribution < 1.29 is 9.53 Å². The van der Waals surface area contributed by atoms with Gasteiger partial charge in [0.25, 0.3) is 5.56 Å². The van der Waals surface area contributed by atoms with Crippen LogP contribution in [0.5, 0.6) is 0 Å². The summed E-state index contributed by atoms with van der Waals surface area (Å²) in [4.78, 5) is 31.2. The number of rotatable bonds is 3. The molecule has 0 saturated carbocycles. The highest BCUT2D eigenvalue weighted by atomic mass is 32.1. The maximum atomic E-state index is 12.5. The fraction of sp³-hybridized carbons (Fsp3) is 0.500. The average Bonchev–Trinajstić information content (AvgIpc) is 3.21. The molecule has 0 radical (unpaired) electrons. The van der Waals surface area contributed by atoms with Crippen molar-refractivity contribution in [1.82, 2.24) is 14.6 Å². The van der Waals surface area contributed by atoms with Gasteiger partial charge >= 0.3 is 5.97 Å². The van der Waals surface area contributed by atoms with Crippen LogP contribution >= 0.6 is 22.7 Å². The Bertz CT molecular complexity index is 1100. The van der Waals surface area contributed by atoms with Crippen LogP contribution in [0.2, 0.25) is 0 Å². The zero-order chi connectivity index (χ0) is 20.1. The maximum Gasteiger partial charge on any atom is 0.348 e.